The molecule has 3 amide bonds. The molecule has 0 saturated carbocycles. The first-order valence-electron chi connectivity index (χ1n) is 9.99. The summed E-state index contributed by atoms with van der Waals surface area (Å²) in [5.41, 5.74) is 2.37. The maximum absolute atomic E-state index is 13.2. The third-order valence-corrected chi connectivity index (χ3v) is 5.49. The zero-order chi connectivity index (χ0) is 21.8. The van der Waals surface area contributed by atoms with E-state index in [0.29, 0.717) is 41.6 Å². The topological polar surface area (TPSA) is 52.7 Å². The van der Waals surface area contributed by atoms with Gasteiger partial charge in [0.15, 0.2) is 0 Å². The number of urea groups is 1. The van der Waals surface area contributed by atoms with E-state index in [4.69, 9.17) is 11.6 Å². The standard InChI is InChI=1S/C24H21ClFN3O2/c25-20-7-2-1-6-19(20)23(30)27-21-8-3-4-9-22(21)29-15-5-14-28(24(29)31)16-17-10-12-18(26)13-11-17/h1-4,6-13H,5,14-16H2,(H,27,30). The van der Waals surface area contributed by atoms with Crippen molar-refractivity contribution in [1.29, 1.82) is 0 Å². The predicted molar refractivity (Wildman–Crippen MR) is 120 cm³/mol. The Balaban J connectivity index is 1.55. The van der Waals surface area contributed by atoms with Crippen molar-refractivity contribution in [3.63, 3.8) is 0 Å². The third kappa shape index (κ3) is 4.70. The van der Waals surface area contributed by atoms with E-state index in [1.54, 1.807) is 58.3 Å². The summed E-state index contributed by atoms with van der Waals surface area (Å²) in [4.78, 5) is 29.3. The first kappa shape index (κ1) is 20.9. The average Bonchev–Trinajstić information content (AvgIpc) is 2.77. The Morgan fingerprint density at radius 3 is 2.45 bits per heavy atom. The van der Waals surface area contributed by atoms with E-state index in [-0.39, 0.29) is 17.8 Å². The average molecular weight is 438 g/mol. The Hall–Kier alpha value is -3.38. The van der Waals surface area contributed by atoms with Gasteiger partial charge in [-0.3, -0.25) is 9.69 Å². The Bertz CT molecular complexity index is 1100. The molecule has 3 aromatic rings. The van der Waals surface area contributed by atoms with Crippen LogP contribution in [0.2, 0.25) is 5.02 Å². The van der Waals surface area contributed by atoms with Gasteiger partial charge in [-0.25, -0.2) is 9.18 Å². The summed E-state index contributed by atoms with van der Waals surface area (Å²) < 4.78 is 13.2. The van der Waals surface area contributed by atoms with Crippen LogP contribution in [0.1, 0.15) is 22.3 Å². The lowest BCUT2D eigenvalue weighted by Crippen LogP contribution is -2.49. The van der Waals surface area contributed by atoms with Crippen molar-refractivity contribution in [1.82, 2.24) is 4.90 Å². The van der Waals surface area contributed by atoms with E-state index in [1.807, 2.05) is 12.1 Å². The normalized spacial score (nSPS) is 13.9. The van der Waals surface area contributed by atoms with Crippen LogP contribution in [-0.4, -0.2) is 29.9 Å². The van der Waals surface area contributed by atoms with Crippen LogP contribution in [0.25, 0.3) is 0 Å². The van der Waals surface area contributed by atoms with E-state index in [1.165, 1.54) is 12.1 Å². The van der Waals surface area contributed by atoms with E-state index in [0.717, 1.165) is 12.0 Å². The summed E-state index contributed by atoms with van der Waals surface area (Å²) in [5, 5.41) is 3.24. The van der Waals surface area contributed by atoms with Crippen LogP contribution < -0.4 is 10.2 Å². The number of carbonyl (C=O) groups excluding carboxylic acids is 2. The van der Waals surface area contributed by atoms with Crippen molar-refractivity contribution >= 4 is 34.9 Å². The summed E-state index contributed by atoms with van der Waals surface area (Å²) in [7, 11) is 0. The second kappa shape index (κ2) is 9.18. The minimum atomic E-state index is -0.342. The number of amides is 3. The lowest BCUT2D eigenvalue weighted by atomic mass is 10.1. The molecule has 5 nitrogen and oxygen atoms in total. The maximum atomic E-state index is 13.2. The van der Waals surface area contributed by atoms with Gasteiger partial charge in [0, 0.05) is 19.6 Å². The van der Waals surface area contributed by atoms with Gasteiger partial charge in [-0.2, -0.15) is 0 Å². The lowest BCUT2D eigenvalue weighted by Gasteiger charge is -2.36. The quantitative estimate of drug-likeness (QED) is 0.567. The summed E-state index contributed by atoms with van der Waals surface area (Å²) in [5.74, 6) is -0.649. The van der Waals surface area contributed by atoms with Crippen LogP contribution in [0, 0.1) is 5.82 Å². The van der Waals surface area contributed by atoms with Crippen molar-refractivity contribution in [3.05, 3.63) is 94.8 Å². The molecule has 0 atom stereocenters. The summed E-state index contributed by atoms with van der Waals surface area (Å²) >= 11 is 6.15. The molecule has 4 rings (SSSR count). The molecule has 3 aromatic carbocycles. The van der Waals surface area contributed by atoms with Gasteiger partial charge in [-0.15, -0.1) is 0 Å². The number of hydrogen-bond donors (Lipinski definition) is 1. The highest BCUT2D eigenvalue weighted by Crippen LogP contribution is 2.30. The second-order valence-corrected chi connectivity index (χ2v) is 7.69. The molecule has 0 aliphatic carbocycles. The van der Waals surface area contributed by atoms with Crippen molar-refractivity contribution in [2.24, 2.45) is 0 Å². The summed E-state index contributed by atoms with van der Waals surface area (Å²) in [6.07, 6.45) is 0.778. The molecule has 0 radical (unpaired) electrons. The first-order valence-corrected chi connectivity index (χ1v) is 10.4. The number of hydrogen-bond acceptors (Lipinski definition) is 2. The summed E-state index contributed by atoms with van der Waals surface area (Å²) in [6, 6.07) is 20.0. The van der Waals surface area contributed by atoms with Gasteiger partial charge in [-0.05, 0) is 48.4 Å². The fourth-order valence-electron chi connectivity index (χ4n) is 3.61. The van der Waals surface area contributed by atoms with Crippen LogP contribution in [0.5, 0.6) is 0 Å². The van der Waals surface area contributed by atoms with E-state index in [2.05, 4.69) is 5.32 Å². The number of para-hydroxylation sites is 2. The number of halogens is 2. The van der Waals surface area contributed by atoms with E-state index >= 15 is 0 Å². The smallest absolute Gasteiger partial charge is 0.320 e. The lowest BCUT2D eigenvalue weighted by molar-refractivity contribution is 0.102. The Labute approximate surface area is 185 Å². The van der Waals surface area contributed by atoms with Gasteiger partial charge in [-0.1, -0.05) is 48.0 Å². The highest BCUT2D eigenvalue weighted by molar-refractivity contribution is 6.34. The van der Waals surface area contributed by atoms with E-state index < -0.39 is 0 Å². The largest absolute Gasteiger partial charge is 0.324 e. The molecule has 0 bridgehead atoms. The molecule has 0 aromatic heterocycles. The molecule has 158 valence electrons. The minimum absolute atomic E-state index is 0.157. The zero-order valence-corrected chi connectivity index (χ0v) is 17.5. The third-order valence-electron chi connectivity index (χ3n) is 5.16. The fourth-order valence-corrected chi connectivity index (χ4v) is 3.83. The van der Waals surface area contributed by atoms with Gasteiger partial charge in [0.1, 0.15) is 5.82 Å². The number of benzene rings is 3. The van der Waals surface area contributed by atoms with E-state index in [9.17, 15) is 14.0 Å². The van der Waals surface area contributed by atoms with Gasteiger partial charge in [0.25, 0.3) is 5.91 Å². The van der Waals surface area contributed by atoms with Crippen molar-refractivity contribution < 1.29 is 14.0 Å². The Kier molecular flexibility index (Phi) is 6.18. The molecular weight excluding hydrogens is 417 g/mol. The Morgan fingerprint density at radius 2 is 1.68 bits per heavy atom. The SMILES string of the molecule is O=C(Nc1ccccc1N1CCCN(Cc2ccc(F)cc2)C1=O)c1ccccc1Cl. The number of nitrogens with one attached hydrogen (secondary N) is 1. The molecule has 1 fully saturated rings. The molecule has 1 N–H and O–H groups in total. The number of nitrogens with zero attached hydrogens (tertiary/aromatic N) is 2. The number of rotatable bonds is 5. The highest BCUT2D eigenvalue weighted by Gasteiger charge is 2.28. The maximum Gasteiger partial charge on any atom is 0.324 e. The highest BCUT2D eigenvalue weighted by atomic mass is 35.5. The number of carbonyl (C=O) groups is 2. The van der Waals surface area contributed by atoms with Gasteiger partial charge in [0.2, 0.25) is 0 Å². The Morgan fingerprint density at radius 1 is 0.968 bits per heavy atom. The van der Waals surface area contributed by atoms with Crippen molar-refractivity contribution in [2.75, 3.05) is 23.3 Å². The van der Waals surface area contributed by atoms with Crippen LogP contribution in [0.15, 0.2) is 72.8 Å². The van der Waals surface area contributed by atoms with Crippen LogP contribution in [-0.2, 0) is 6.54 Å². The van der Waals surface area contributed by atoms with Crippen molar-refractivity contribution in [3.8, 4) is 0 Å². The molecule has 0 spiro atoms. The molecule has 1 saturated heterocycles. The van der Waals surface area contributed by atoms with Gasteiger partial charge < -0.3 is 10.2 Å². The van der Waals surface area contributed by atoms with Gasteiger partial charge >= 0.3 is 6.03 Å². The summed E-state index contributed by atoms with van der Waals surface area (Å²) in [6.45, 7) is 1.54. The number of anilines is 2. The first-order chi connectivity index (χ1) is 15.0. The minimum Gasteiger partial charge on any atom is -0.320 e. The monoisotopic (exact) mass is 437 g/mol. The molecule has 31 heavy (non-hydrogen) atoms. The molecule has 7 heteroatoms. The second-order valence-electron chi connectivity index (χ2n) is 7.29. The van der Waals surface area contributed by atoms with Crippen molar-refractivity contribution in [2.45, 2.75) is 13.0 Å². The molecule has 1 aliphatic heterocycles. The van der Waals surface area contributed by atoms with Crippen LogP contribution in [0.4, 0.5) is 20.6 Å². The van der Waals surface area contributed by atoms with Gasteiger partial charge in [0.05, 0.1) is 22.0 Å². The molecule has 0 unspecified atom stereocenters. The fraction of sp³-hybridized carbons (Fsp3) is 0.167. The zero-order valence-electron chi connectivity index (χ0n) is 16.7. The van der Waals surface area contributed by atoms with Crippen LogP contribution >= 0.6 is 11.6 Å². The molecule has 1 heterocycles. The molecule has 1 aliphatic rings. The predicted octanol–water partition coefficient (Wildman–Crippen LogP) is 5.56. The molecular formula is C24H21ClFN3O2. The van der Waals surface area contributed by atoms with Crippen LogP contribution in [0.3, 0.4) is 0 Å².